The molecule has 1 rings (SSSR count). The van der Waals surface area contributed by atoms with Crippen LogP contribution in [-0.2, 0) is 4.79 Å². The Morgan fingerprint density at radius 3 is 2.47 bits per heavy atom. The molecule has 6 heteroatoms. The second-order valence-electron chi connectivity index (χ2n) is 5.39. The summed E-state index contributed by atoms with van der Waals surface area (Å²) in [5.41, 5.74) is 5.02. The van der Waals surface area contributed by atoms with Crippen molar-refractivity contribution < 1.29 is 18.0 Å². The highest BCUT2D eigenvalue weighted by Crippen LogP contribution is 2.33. The lowest BCUT2D eigenvalue weighted by molar-refractivity contribution is -0.188. The highest BCUT2D eigenvalue weighted by Gasteiger charge is 2.42. The van der Waals surface area contributed by atoms with Gasteiger partial charge in [-0.25, -0.2) is 0 Å². The zero-order valence-corrected chi connectivity index (χ0v) is 10.2. The fraction of sp³-hybridized carbons (Fsp3) is 0.909. The largest absolute Gasteiger partial charge is 0.393 e. The van der Waals surface area contributed by atoms with Crippen molar-refractivity contribution in [2.24, 2.45) is 11.7 Å². The number of rotatable bonds is 2. The summed E-state index contributed by atoms with van der Waals surface area (Å²) >= 11 is 0. The monoisotopic (exact) mass is 252 g/mol. The first-order chi connectivity index (χ1) is 7.59. The Balaban J connectivity index is 2.58. The summed E-state index contributed by atoms with van der Waals surface area (Å²) in [4.78, 5) is 13.1. The first-order valence-electron chi connectivity index (χ1n) is 5.73. The summed E-state index contributed by atoms with van der Waals surface area (Å²) in [7, 11) is 0. The van der Waals surface area contributed by atoms with Crippen LogP contribution in [0.1, 0.15) is 33.1 Å². The van der Waals surface area contributed by atoms with Crippen LogP contribution >= 0.6 is 0 Å². The van der Waals surface area contributed by atoms with Crippen molar-refractivity contribution in [3.8, 4) is 0 Å². The molecule has 0 aromatic heterocycles. The molecule has 1 amide bonds. The second-order valence-corrected chi connectivity index (χ2v) is 5.39. The van der Waals surface area contributed by atoms with Crippen molar-refractivity contribution in [1.82, 2.24) is 4.90 Å². The van der Waals surface area contributed by atoms with Crippen molar-refractivity contribution in [3.63, 3.8) is 0 Å². The van der Waals surface area contributed by atoms with Crippen molar-refractivity contribution in [2.75, 3.05) is 13.1 Å². The maximum atomic E-state index is 12.6. The van der Waals surface area contributed by atoms with Gasteiger partial charge in [-0.3, -0.25) is 4.79 Å². The van der Waals surface area contributed by atoms with E-state index in [1.165, 1.54) is 4.90 Å². The number of carbonyl (C=O) groups is 1. The number of likely N-dealkylation sites (tertiary alicyclic amines) is 1. The third kappa shape index (κ3) is 4.53. The Bertz CT molecular complexity index is 283. The van der Waals surface area contributed by atoms with Gasteiger partial charge in [0.1, 0.15) is 0 Å². The Morgan fingerprint density at radius 1 is 1.41 bits per heavy atom. The molecule has 0 radical (unpaired) electrons. The average Bonchev–Trinajstić information content (AvgIpc) is 2.14. The van der Waals surface area contributed by atoms with Gasteiger partial charge in [0, 0.05) is 25.0 Å². The summed E-state index contributed by atoms with van der Waals surface area (Å²) in [6.45, 7) is 3.56. The minimum atomic E-state index is -4.21. The van der Waals surface area contributed by atoms with Crippen LogP contribution in [0.2, 0.25) is 0 Å². The molecule has 100 valence electrons. The number of hydrogen-bond acceptors (Lipinski definition) is 2. The second kappa shape index (κ2) is 4.84. The predicted octanol–water partition coefficient (Wildman–Crippen LogP) is 1.91. The number of carbonyl (C=O) groups excluding carboxylic acids is 1. The molecule has 3 nitrogen and oxygen atoms in total. The third-order valence-electron chi connectivity index (χ3n) is 2.84. The van der Waals surface area contributed by atoms with Crippen molar-refractivity contribution in [1.29, 1.82) is 0 Å². The summed E-state index contributed by atoms with van der Waals surface area (Å²) in [5, 5.41) is 0. The summed E-state index contributed by atoms with van der Waals surface area (Å²) in [6.07, 6.45) is -3.62. The number of halogens is 3. The van der Waals surface area contributed by atoms with Gasteiger partial charge >= 0.3 is 6.18 Å². The Labute approximate surface area is 99.1 Å². The van der Waals surface area contributed by atoms with E-state index < -0.39 is 17.6 Å². The Morgan fingerprint density at radius 2 is 2.00 bits per heavy atom. The zero-order valence-electron chi connectivity index (χ0n) is 10.2. The minimum Gasteiger partial charge on any atom is -0.342 e. The fourth-order valence-corrected chi connectivity index (χ4v) is 1.97. The number of amides is 1. The van der Waals surface area contributed by atoms with E-state index in [4.69, 9.17) is 5.73 Å². The van der Waals surface area contributed by atoms with E-state index in [-0.39, 0.29) is 25.3 Å². The minimum absolute atomic E-state index is 0.0809. The van der Waals surface area contributed by atoms with Crippen molar-refractivity contribution >= 4 is 5.91 Å². The highest BCUT2D eigenvalue weighted by atomic mass is 19.4. The van der Waals surface area contributed by atoms with E-state index in [2.05, 4.69) is 0 Å². The van der Waals surface area contributed by atoms with Gasteiger partial charge in [-0.05, 0) is 26.7 Å². The predicted molar refractivity (Wildman–Crippen MR) is 58.2 cm³/mol. The number of hydrogen-bond donors (Lipinski definition) is 1. The van der Waals surface area contributed by atoms with Crippen LogP contribution in [0.5, 0.6) is 0 Å². The molecule has 1 fully saturated rings. The summed E-state index contributed by atoms with van der Waals surface area (Å²) in [5.74, 6) is -1.67. The van der Waals surface area contributed by atoms with Gasteiger partial charge in [0.15, 0.2) is 0 Å². The Kier molecular flexibility index (Phi) is 4.06. The molecule has 0 aromatic rings. The van der Waals surface area contributed by atoms with Crippen LogP contribution in [0.15, 0.2) is 0 Å². The molecule has 1 atom stereocenters. The van der Waals surface area contributed by atoms with E-state index in [0.29, 0.717) is 13.0 Å². The maximum absolute atomic E-state index is 12.6. The van der Waals surface area contributed by atoms with Crippen LogP contribution < -0.4 is 5.73 Å². The third-order valence-corrected chi connectivity index (χ3v) is 2.84. The van der Waals surface area contributed by atoms with Crippen LogP contribution in [0.3, 0.4) is 0 Å². The lowest BCUT2D eigenvalue weighted by atomic mass is 9.95. The van der Waals surface area contributed by atoms with Gasteiger partial charge in [0.25, 0.3) is 0 Å². The first kappa shape index (κ1) is 14.3. The quantitative estimate of drug-likeness (QED) is 0.816. The van der Waals surface area contributed by atoms with E-state index in [0.717, 1.165) is 0 Å². The zero-order chi connectivity index (χ0) is 13.3. The van der Waals surface area contributed by atoms with Gasteiger partial charge in [-0.2, -0.15) is 13.2 Å². The van der Waals surface area contributed by atoms with Crippen molar-refractivity contribution in [2.45, 2.75) is 44.8 Å². The van der Waals surface area contributed by atoms with E-state index >= 15 is 0 Å². The fourth-order valence-electron chi connectivity index (χ4n) is 1.97. The van der Waals surface area contributed by atoms with Crippen LogP contribution in [0.25, 0.3) is 0 Å². The number of nitrogens with two attached hydrogens (primary N) is 1. The summed E-state index contributed by atoms with van der Waals surface area (Å²) < 4.78 is 37.7. The van der Waals surface area contributed by atoms with Crippen LogP contribution in [0, 0.1) is 5.92 Å². The van der Waals surface area contributed by atoms with E-state index in [9.17, 15) is 18.0 Å². The molecule has 0 saturated carbocycles. The number of alkyl halides is 3. The van der Waals surface area contributed by atoms with Gasteiger partial charge in [-0.1, -0.05) is 0 Å². The molecule has 1 aliphatic heterocycles. The van der Waals surface area contributed by atoms with Gasteiger partial charge in [0.05, 0.1) is 5.92 Å². The first-order valence-corrected chi connectivity index (χ1v) is 5.73. The molecule has 17 heavy (non-hydrogen) atoms. The molecule has 1 heterocycles. The smallest absolute Gasteiger partial charge is 0.342 e. The normalized spacial score (nSPS) is 22.7. The molecular weight excluding hydrogens is 233 g/mol. The van der Waals surface area contributed by atoms with Gasteiger partial charge in [-0.15, -0.1) is 0 Å². The highest BCUT2D eigenvalue weighted by molar-refractivity contribution is 5.77. The van der Waals surface area contributed by atoms with Crippen molar-refractivity contribution in [3.05, 3.63) is 0 Å². The lowest BCUT2D eigenvalue weighted by Crippen LogP contribution is -2.47. The maximum Gasteiger partial charge on any atom is 0.393 e. The molecule has 1 unspecified atom stereocenters. The number of nitrogens with zero attached hydrogens (tertiary/aromatic N) is 1. The average molecular weight is 252 g/mol. The standard InChI is InChI=1S/C11H19F3N2O/c1-10(2,15)6-9(17)16-5-3-4-8(7-16)11(12,13)14/h8H,3-7,15H2,1-2H3. The molecule has 0 bridgehead atoms. The molecule has 1 saturated heterocycles. The molecule has 1 aliphatic rings. The van der Waals surface area contributed by atoms with Gasteiger partial charge < -0.3 is 10.6 Å². The number of piperidine rings is 1. The molecule has 0 aromatic carbocycles. The SMILES string of the molecule is CC(C)(N)CC(=O)N1CCCC(C(F)(F)F)C1. The van der Waals surface area contributed by atoms with Crippen LogP contribution in [-0.4, -0.2) is 35.6 Å². The van der Waals surface area contributed by atoms with Gasteiger partial charge in [0.2, 0.25) is 5.91 Å². The Hall–Kier alpha value is -0.780. The lowest BCUT2D eigenvalue weighted by Gasteiger charge is -2.35. The molecule has 0 aliphatic carbocycles. The van der Waals surface area contributed by atoms with E-state index in [1.807, 2.05) is 0 Å². The van der Waals surface area contributed by atoms with Crippen LogP contribution in [0.4, 0.5) is 13.2 Å². The topological polar surface area (TPSA) is 46.3 Å². The summed E-state index contributed by atoms with van der Waals surface area (Å²) in [6, 6.07) is 0. The van der Waals surface area contributed by atoms with E-state index in [1.54, 1.807) is 13.8 Å². The molecule has 2 N–H and O–H groups in total. The molecular formula is C11H19F3N2O. The molecule has 0 spiro atoms.